The summed E-state index contributed by atoms with van der Waals surface area (Å²) >= 11 is 1.95. The van der Waals surface area contributed by atoms with Crippen LogP contribution in [0.25, 0.3) is 0 Å². The van der Waals surface area contributed by atoms with E-state index in [1.165, 1.54) is 0 Å². The maximum absolute atomic E-state index is 12.1. The summed E-state index contributed by atoms with van der Waals surface area (Å²) in [5.41, 5.74) is 0. The SMILES string of the molecule is CCC1CN(C(=NC)NCC(F)F)CCS1.I. The van der Waals surface area contributed by atoms with Gasteiger partial charge >= 0.3 is 0 Å². The standard InChI is InChI=1S/C10H19F2N3S.HI/c1-3-8-7-15(4-5-16-8)10(13-2)14-6-9(11)12;/h8-9H,3-7H2,1-2H3,(H,13,14);1H. The largest absolute Gasteiger partial charge is 0.351 e. The van der Waals surface area contributed by atoms with E-state index in [0.29, 0.717) is 11.2 Å². The molecule has 0 saturated carbocycles. The number of thioether (sulfide) groups is 1. The highest BCUT2D eigenvalue weighted by atomic mass is 127. The first-order valence-electron chi connectivity index (χ1n) is 5.52. The topological polar surface area (TPSA) is 27.6 Å². The normalized spacial score (nSPS) is 21.4. The number of nitrogens with one attached hydrogen (secondary N) is 1. The summed E-state index contributed by atoms with van der Waals surface area (Å²) < 4.78 is 24.2. The summed E-state index contributed by atoms with van der Waals surface area (Å²) in [5, 5.41) is 3.28. The van der Waals surface area contributed by atoms with Crippen LogP contribution in [0.1, 0.15) is 13.3 Å². The number of guanidine groups is 1. The van der Waals surface area contributed by atoms with Crippen molar-refractivity contribution in [3.63, 3.8) is 0 Å². The number of rotatable bonds is 3. The summed E-state index contributed by atoms with van der Waals surface area (Å²) in [5.74, 6) is 1.63. The van der Waals surface area contributed by atoms with Gasteiger partial charge in [-0.3, -0.25) is 4.99 Å². The van der Waals surface area contributed by atoms with Crippen molar-refractivity contribution in [2.75, 3.05) is 32.4 Å². The number of nitrogens with zero attached hydrogens (tertiary/aromatic N) is 2. The second-order valence-electron chi connectivity index (χ2n) is 3.67. The van der Waals surface area contributed by atoms with Crippen LogP contribution in [0.3, 0.4) is 0 Å². The van der Waals surface area contributed by atoms with E-state index in [2.05, 4.69) is 22.1 Å². The molecule has 0 amide bonds. The predicted molar refractivity (Wildman–Crippen MR) is 80.9 cm³/mol. The fourth-order valence-electron chi connectivity index (χ4n) is 1.66. The molecular formula is C10H20F2IN3S. The summed E-state index contributed by atoms with van der Waals surface area (Å²) in [6.45, 7) is 3.60. The van der Waals surface area contributed by atoms with Crippen molar-refractivity contribution in [2.45, 2.75) is 25.0 Å². The van der Waals surface area contributed by atoms with Crippen LogP contribution in [0.5, 0.6) is 0 Å². The highest BCUT2D eigenvalue weighted by molar-refractivity contribution is 14.0. The van der Waals surface area contributed by atoms with Crippen molar-refractivity contribution in [2.24, 2.45) is 4.99 Å². The van der Waals surface area contributed by atoms with E-state index in [1.54, 1.807) is 7.05 Å². The second kappa shape index (κ2) is 9.18. The molecule has 0 aliphatic carbocycles. The molecule has 0 aromatic rings. The van der Waals surface area contributed by atoms with E-state index in [0.717, 1.165) is 25.3 Å². The number of aliphatic imine (C=N–C) groups is 1. The van der Waals surface area contributed by atoms with Crippen LogP contribution in [-0.2, 0) is 0 Å². The van der Waals surface area contributed by atoms with Gasteiger partial charge in [0.2, 0.25) is 0 Å². The Labute approximate surface area is 123 Å². The third-order valence-electron chi connectivity index (χ3n) is 2.52. The average molecular weight is 379 g/mol. The van der Waals surface area contributed by atoms with Crippen molar-refractivity contribution < 1.29 is 8.78 Å². The van der Waals surface area contributed by atoms with Crippen LogP contribution in [0.15, 0.2) is 4.99 Å². The lowest BCUT2D eigenvalue weighted by atomic mass is 10.3. The van der Waals surface area contributed by atoms with Crippen LogP contribution in [0.2, 0.25) is 0 Å². The molecule has 1 aliphatic heterocycles. The lowest BCUT2D eigenvalue weighted by Gasteiger charge is -2.34. The molecule has 1 N–H and O–H groups in total. The third kappa shape index (κ3) is 6.08. The van der Waals surface area contributed by atoms with Crippen molar-refractivity contribution in [1.82, 2.24) is 10.2 Å². The van der Waals surface area contributed by atoms with Crippen molar-refractivity contribution >= 4 is 41.7 Å². The number of hydrogen-bond donors (Lipinski definition) is 1. The van der Waals surface area contributed by atoms with Gasteiger partial charge in [0.1, 0.15) is 0 Å². The molecule has 1 fully saturated rings. The Kier molecular flexibility index (Phi) is 9.29. The molecule has 102 valence electrons. The molecule has 1 rings (SSSR count). The molecule has 1 atom stereocenters. The van der Waals surface area contributed by atoms with Gasteiger partial charge in [-0.15, -0.1) is 24.0 Å². The Morgan fingerprint density at radius 2 is 2.29 bits per heavy atom. The fraction of sp³-hybridized carbons (Fsp3) is 0.900. The molecule has 3 nitrogen and oxygen atoms in total. The monoisotopic (exact) mass is 379 g/mol. The lowest BCUT2D eigenvalue weighted by molar-refractivity contribution is 0.151. The number of hydrogen-bond acceptors (Lipinski definition) is 2. The second-order valence-corrected chi connectivity index (χ2v) is 5.07. The molecule has 0 spiro atoms. The van der Waals surface area contributed by atoms with Gasteiger partial charge in [0.25, 0.3) is 6.43 Å². The molecule has 1 unspecified atom stereocenters. The van der Waals surface area contributed by atoms with E-state index < -0.39 is 6.43 Å². The van der Waals surface area contributed by atoms with Gasteiger partial charge in [0, 0.05) is 31.1 Å². The van der Waals surface area contributed by atoms with Crippen LogP contribution < -0.4 is 5.32 Å². The van der Waals surface area contributed by atoms with E-state index >= 15 is 0 Å². The summed E-state index contributed by atoms with van der Waals surface area (Å²) in [4.78, 5) is 6.10. The highest BCUT2D eigenvalue weighted by Crippen LogP contribution is 2.20. The molecule has 0 radical (unpaired) electrons. The molecule has 1 heterocycles. The van der Waals surface area contributed by atoms with E-state index in [4.69, 9.17) is 0 Å². The fourth-order valence-corrected chi connectivity index (χ4v) is 2.84. The molecule has 0 aromatic heterocycles. The molecule has 1 saturated heterocycles. The minimum Gasteiger partial charge on any atom is -0.351 e. The summed E-state index contributed by atoms with van der Waals surface area (Å²) in [6, 6.07) is 0. The van der Waals surface area contributed by atoms with Gasteiger partial charge in [0.15, 0.2) is 5.96 Å². The van der Waals surface area contributed by atoms with E-state index in [9.17, 15) is 8.78 Å². The zero-order valence-electron chi connectivity index (χ0n) is 10.2. The maximum atomic E-state index is 12.1. The first-order valence-corrected chi connectivity index (χ1v) is 6.57. The summed E-state index contributed by atoms with van der Waals surface area (Å²) in [6.07, 6.45) is -1.23. The van der Waals surface area contributed by atoms with Gasteiger partial charge in [-0.25, -0.2) is 8.78 Å². The lowest BCUT2D eigenvalue weighted by Crippen LogP contribution is -2.48. The number of alkyl halides is 2. The van der Waals surface area contributed by atoms with E-state index in [-0.39, 0.29) is 30.5 Å². The molecule has 17 heavy (non-hydrogen) atoms. The van der Waals surface area contributed by atoms with E-state index in [1.807, 2.05) is 11.8 Å². The predicted octanol–water partition coefficient (Wildman–Crippen LogP) is 2.27. The zero-order chi connectivity index (χ0) is 12.0. The average Bonchev–Trinajstić information content (AvgIpc) is 2.30. The molecule has 0 aromatic carbocycles. The zero-order valence-corrected chi connectivity index (χ0v) is 13.3. The van der Waals surface area contributed by atoms with Crippen molar-refractivity contribution in [3.8, 4) is 0 Å². The Balaban J connectivity index is 0.00000256. The van der Waals surface area contributed by atoms with Gasteiger partial charge in [-0.1, -0.05) is 6.92 Å². The van der Waals surface area contributed by atoms with Gasteiger partial charge in [-0.05, 0) is 6.42 Å². The highest BCUT2D eigenvalue weighted by Gasteiger charge is 2.21. The maximum Gasteiger partial charge on any atom is 0.255 e. The molecular weight excluding hydrogens is 359 g/mol. The molecule has 1 aliphatic rings. The van der Waals surface area contributed by atoms with Crippen LogP contribution in [0, 0.1) is 0 Å². The summed E-state index contributed by atoms with van der Waals surface area (Å²) in [7, 11) is 1.64. The first kappa shape index (κ1) is 17.2. The van der Waals surface area contributed by atoms with Crippen molar-refractivity contribution in [1.29, 1.82) is 0 Å². The third-order valence-corrected chi connectivity index (χ3v) is 3.89. The van der Waals surface area contributed by atoms with Crippen LogP contribution in [0.4, 0.5) is 8.78 Å². The minimum absolute atomic E-state index is 0. The minimum atomic E-state index is -2.34. The molecule has 7 heteroatoms. The quantitative estimate of drug-likeness (QED) is 0.463. The Hall–Kier alpha value is 0.210. The van der Waals surface area contributed by atoms with Crippen LogP contribution >= 0.6 is 35.7 Å². The Bertz CT molecular complexity index is 242. The Morgan fingerprint density at radius 1 is 1.59 bits per heavy atom. The van der Waals surface area contributed by atoms with Gasteiger partial charge in [-0.2, -0.15) is 11.8 Å². The van der Waals surface area contributed by atoms with Crippen LogP contribution in [-0.4, -0.2) is 55.0 Å². The number of halogens is 3. The molecule has 0 bridgehead atoms. The van der Waals surface area contributed by atoms with Gasteiger partial charge < -0.3 is 10.2 Å². The van der Waals surface area contributed by atoms with Gasteiger partial charge in [0.05, 0.1) is 6.54 Å². The first-order chi connectivity index (χ1) is 7.67. The Morgan fingerprint density at radius 3 is 2.82 bits per heavy atom. The van der Waals surface area contributed by atoms with Crippen molar-refractivity contribution in [3.05, 3.63) is 0 Å². The smallest absolute Gasteiger partial charge is 0.255 e.